The molecular formula is C24H24N4O2S. The Morgan fingerprint density at radius 2 is 1.87 bits per heavy atom. The van der Waals surface area contributed by atoms with Gasteiger partial charge in [-0.05, 0) is 49.1 Å². The third-order valence-corrected chi connectivity index (χ3v) is 6.28. The summed E-state index contributed by atoms with van der Waals surface area (Å²) in [5.41, 5.74) is 2.60. The molecule has 2 unspecified atom stereocenters. The number of amides is 1. The highest BCUT2D eigenvalue weighted by Crippen LogP contribution is 2.54. The Kier molecular flexibility index (Phi) is 6.32. The Labute approximate surface area is 185 Å². The zero-order chi connectivity index (χ0) is 21.8. The minimum Gasteiger partial charge on any atom is -0.325 e. The number of anilines is 1. The molecule has 31 heavy (non-hydrogen) atoms. The first kappa shape index (κ1) is 21.1. The predicted octanol–water partition coefficient (Wildman–Crippen LogP) is 4.67. The van der Waals surface area contributed by atoms with Gasteiger partial charge in [-0.25, -0.2) is 0 Å². The van der Waals surface area contributed by atoms with E-state index in [0.29, 0.717) is 29.6 Å². The summed E-state index contributed by atoms with van der Waals surface area (Å²) in [5, 5.41) is 12.4. The van der Waals surface area contributed by atoms with Crippen LogP contribution in [0.15, 0.2) is 72.4 Å². The number of thioether (sulfide) groups is 1. The van der Waals surface area contributed by atoms with E-state index < -0.39 is 0 Å². The number of hydrogen-bond donors (Lipinski definition) is 1. The van der Waals surface area contributed by atoms with E-state index in [1.54, 1.807) is 24.3 Å². The molecule has 0 radical (unpaired) electrons. The lowest BCUT2D eigenvalue weighted by Gasteiger charge is -2.08. The summed E-state index contributed by atoms with van der Waals surface area (Å²) in [6.07, 6.45) is 2.88. The van der Waals surface area contributed by atoms with Crippen LogP contribution < -0.4 is 5.32 Å². The van der Waals surface area contributed by atoms with E-state index in [1.807, 2.05) is 12.1 Å². The number of ketones is 1. The maximum atomic E-state index is 12.4. The van der Waals surface area contributed by atoms with Crippen molar-refractivity contribution in [1.82, 2.24) is 14.8 Å². The second-order valence-corrected chi connectivity index (χ2v) is 8.51. The number of allylic oxidation sites excluding steroid dienone is 1. The molecule has 7 heteroatoms. The molecule has 0 saturated heterocycles. The molecule has 0 spiro atoms. The number of carbonyl (C=O) groups excluding carboxylic acids is 2. The minimum absolute atomic E-state index is 0.00374. The Balaban J connectivity index is 1.39. The number of Topliss-reactive ketones (excluding diaryl/α,β-unsaturated/α-hetero) is 1. The van der Waals surface area contributed by atoms with Crippen molar-refractivity contribution in [3.05, 3.63) is 84.2 Å². The van der Waals surface area contributed by atoms with Gasteiger partial charge >= 0.3 is 0 Å². The molecule has 1 fully saturated rings. The molecule has 1 aliphatic carbocycles. The number of hydrogen-bond acceptors (Lipinski definition) is 5. The maximum absolute atomic E-state index is 12.4. The Morgan fingerprint density at radius 1 is 1.13 bits per heavy atom. The zero-order valence-corrected chi connectivity index (χ0v) is 18.1. The van der Waals surface area contributed by atoms with Crippen molar-refractivity contribution in [2.45, 2.75) is 36.9 Å². The van der Waals surface area contributed by atoms with E-state index >= 15 is 0 Å². The first-order valence-electron chi connectivity index (χ1n) is 10.2. The van der Waals surface area contributed by atoms with Crippen molar-refractivity contribution >= 4 is 29.1 Å². The number of nitrogens with one attached hydrogen (secondary N) is 1. The molecule has 6 nitrogen and oxygen atoms in total. The summed E-state index contributed by atoms with van der Waals surface area (Å²) in [4.78, 5) is 23.8. The highest BCUT2D eigenvalue weighted by Gasteiger charge is 2.43. The average molecular weight is 433 g/mol. The van der Waals surface area contributed by atoms with Crippen LogP contribution in [0, 0.1) is 0 Å². The van der Waals surface area contributed by atoms with Crippen molar-refractivity contribution in [3.8, 4) is 0 Å². The standard InChI is InChI=1S/C24H24N4O2S/c1-3-13-28-23(21-14-20(21)18-7-5-4-6-8-18)26-27-24(28)31-15-22(30)25-19-11-9-17(10-12-19)16(2)29/h3-12,20-21H,1,13-15H2,2H3,(H,25,30). The van der Waals surface area contributed by atoms with Crippen LogP contribution in [0.3, 0.4) is 0 Å². The summed E-state index contributed by atoms with van der Waals surface area (Å²) >= 11 is 1.36. The molecule has 0 bridgehead atoms. The predicted molar refractivity (Wildman–Crippen MR) is 123 cm³/mol. The lowest BCUT2D eigenvalue weighted by atomic mass is 10.1. The molecule has 1 aliphatic rings. The lowest BCUT2D eigenvalue weighted by Crippen LogP contribution is -2.15. The summed E-state index contributed by atoms with van der Waals surface area (Å²) in [6, 6.07) is 17.3. The number of nitrogens with zero attached hydrogens (tertiary/aromatic N) is 3. The summed E-state index contributed by atoms with van der Waals surface area (Å²) in [6.45, 7) is 5.98. The fraction of sp³-hybridized carbons (Fsp3) is 0.250. The number of benzene rings is 2. The van der Waals surface area contributed by atoms with Gasteiger partial charge in [0.25, 0.3) is 0 Å². The van der Waals surface area contributed by atoms with Crippen LogP contribution in [0.1, 0.15) is 46.9 Å². The van der Waals surface area contributed by atoms with Gasteiger partial charge in [-0.2, -0.15) is 0 Å². The van der Waals surface area contributed by atoms with Gasteiger partial charge in [-0.3, -0.25) is 9.59 Å². The quantitative estimate of drug-likeness (QED) is 0.302. The van der Waals surface area contributed by atoms with Crippen molar-refractivity contribution in [1.29, 1.82) is 0 Å². The molecular weight excluding hydrogens is 408 g/mol. The Morgan fingerprint density at radius 3 is 2.55 bits per heavy atom. The molecule has 2 atom stereocenters. The van der Waals surface area contributed by atoms with Crippen molar-refractivity contribution < 1.29 is 9.59 Å². The summed E-state index contributed by atoms with van der Waals surface area (Å²) < 4.78 is 2.06. The van der Waals surface area contributed by atoms with Gasteiger partial charge in [-0.1, -0.05) is 48.2 Å². The number of aromatic nitrogens is 3. The van der Waals surface area contributed by atoms with E-state index in [9.17, 15) is 9.59 Å². The Hall–Kier alpha value is -3.19. The summed E-state index contributed by atoms with van der Waals surface area (Å²) in [5.74, 6) is 1.85. The van der Waals surface area contributed by atoms with Crippen LogP contribution in [0.2, 0.25) is 0 Å². The molecule has 158 valence electrons. The zero-order valence-electron chi connectivity index (χ0n) is 17.3. The Bertz CT molecular complexity index is 1090. The van der Waals surface area contributed by atoms with Gasteiger partial charge in [0.2, 0.25) is 5.91 Å². The van der Waals surface area contributed by atoms with E-state index in [0.717, 1.165) is 17.4 Å². The molecule has 4 rings (SSSR count). The van der Waals surface area contributed by atoms with E-state index in [2.05, 4.69) is 50.9 Å². The molecule has 1 aromatic heterocycles. The smallest absolute Gasteiger partial charge is 0.234 e. The van der Waals surface area contributed by atoms with Crippen LogP contribution in [0.5, 0.6) is 0 Å². The van der Waals surface area contributed by atoms with Crippen LogP contribution in [0.4, 0.5) is 5.69 Å². The second-order valence-electron chi connectivity index (χ2n) is 7.57. The average Bonchev–Trinajstić information content (AvgIpc) is 3.48. The van der Waals surface area contributed by atoms with Crippen molar-refractivity contribution in [2.75, 3.05) is 11.1 Å². The molecule has 0 aliphatic heterocycles. The molecule has 1 saturated carbocycles. The second kappa shape index (κ2) is 9.31. The monoisotopic (exact) mass is 432 g/mol. The molecule has 1 amide bonds. The van der Waals surface area contributed by atoms with Gasteiger partial charge in [0.05, 0.1) is 5.75 Å². The normalized spacial score (nSPS) is 17.2. The van der Waals surface area contributed by atoms with Crippen LogP contribution in [-0.4, -0.2) is 32.2 Å². The van der Waals surface area contributed by atoms with Crippen LogP contribution in [0.25, 0.3) is 0 Å². The number of rotatable bonds is 9. The fourth-order valence-corrected chi connectivity index (χ4v) is 4.40. The third kappa shape index (κ3) is 4.94. The van der Waals surface area contributed by atoms with Gasteiger partial charge < -0.3 is 9.88 Å². The highest BCUT2D eigenvalue weighted by molar-refractivity contribution is 7.99. The molecule has 1 N–H and O–H groups in total. The van der Waals surface area contributed by atoms with Crippen molar-refractivity contribution in [3.63, 3.8) is 0 Å². The van der Waals surface area contributed by atoms with Gasteiger partial charge in [0, 0.05) is 23.7 Å². The van der Waals surface area contributed by atoms with E-state index in [1.165, 1.54) is 24.2 Å². The summed E-state index contributed by atoms with van der Waals surface area (Å²) in [7, 11) is 0. The highest BCUT2D eigenvalue weighted by atomic mass is 32.2. The SMILES string of the molecule is C=CCn1c(SCC(=O)Nc2ccc(C(C)=O)cc2)nnc1C1CC1c1ccccc1. The van der Waals surface area contributed by atoms with Crippen molar-refractivity contribution in [2.24, 2.45) is 0 Å². The third-order valence-electron chi connectivity index (χ3n) is 5.31. The number of carbonyl (C=O) groups is 2. The van der Waals surface area contributed by atoms with E-state index in [-0.39, 0.29) is 17.4 Å². The minimum atomic E-state index is -0.135. The molecule has 2 aromatic carbocycles. The van der Waals surface area contributed by atoms with Crippen LogP contribution in [-0.2, 0) is 11.3 Å². The van der Waals surface area contributed by atoms with Crippen LogP contribution >= 0.6 is 11.8 Å². The molecule has 3 aromatic rings. The van der Waals surface area contributed by atoms with Gasteiger partial charge in [-0.15, -0.1) is 16.8 Å². The fourth-order valence-electron chi connectivity index (χ4n) is 3.65. The largest absolute Gasteiger partial charge is 0.325 e. The lowest BCUT2D eigenvalue weighted by molar-refractivity contribution is -0.113. The first-order valence-corrected chi connectivity index (χ1v) is 11.2. The maximum Gasteiger partial charge on any atom is 0.234 e. The van der Waals surface area contributed by atoms with Gasteiger partial charge in [0.1, 0.15) is 5.82 Å². The topological polar surface area (TPSA) is 76.9 Å². The molecule has 1 heterocycles. The van der Waals surface area contributed by atoms with Gasteiger partial charge in [0.15, 0.2) is 10.9 Å². The van der Waals surface area contributed by atoms with E-state index in [4.69, 9.17) is 0 Å². The first-order chi connectivity index (χ1) is 15.1.